The first kappa shape index (κ1) is 25.9. The quantitative estimate of drug-likeness (QED) is 0.367. The first-order valence-electron chi connectivity index (χ1n) is 12.5. The van der Waals surface area contributed by atoms with Gasteiger partial charge in [0.05, 0.1) is 6.67 Å². The van der Waals surface area contributed by atoms with E-state index in [0.717, 1.165) is 18.4 Å². The molecule has 1 N–H and O–H groups in total. The van der Waals surface area contributed by atoms with E-state index in [-0.39, 0.29) is 5.54 Å². The fraction of sp³-hybridized carbons (Fsp3) is 1.00. The molecule has 1 rings (SSSR count). The molecule has 0 bridgehead atoms. The molecule has 0 aliphatic carbocycles. The Morgan fingerprint density at radius 3 is 1.64 bits per heavy atom. The van der Waals surface area contributed by atoms with E-state index >= 15 is 0 Å². The average Bonchev–Trinajstić information content (AvgIpc) is 2.66. The average molecular weight is 396 g/mol. The van der Waals surface area contributed by atoms with E-state index in [9.17, 15) is 0 Å². The van der Waals surface area contributed by atoms with Crippen LogP contribution >= 0.6 is 0 Å². The molecule has 0 aromatic rings. The lowest BCUT2D eigenvalue weighted by atomic mass is 9.92. The normalized spacial score (nSPS) is 24.0. The van der Waals surface area contributed by atoms with Gasteiger partial charge >= 0.3 is 0 Å². The van der Waals surface area contributed by atoms with Crippen LogP contribution < -0.4 is 5.32 Å². The highest BCUT2D eigenvalue weighted by Crippen LogP contribution is 2.24. The van der Waals surface area contributed by atoms with Crippen LogP contribution in [0.25, 0.3) is 0 Å². The molecule has 0 aromatic heterocycles. The van der Waals surface area contributed by atoms with Crippen LogP contribution in [0, 0.1) is 17.8 Å². The number of hydrogen-bond acceptors (Lipinski definition) is 3. The van der Waals surface area contributed by atoms with E-state index in [1.54, 1.807) is 0 Å². The highest BCUT2D eigenvalue weighted by Gasteiger charge is 2.35. The molecule has 1 aliphatic heterocycles. The van der Waals surface area contributed by atoms with E-state index < -0.39 is 0 Å². The molecule has 28 heavy (non-hydrogen) atoms. The molecule has 1 saturated heterocycles. The molecular formula is C25H53N3. The van der Waals surface area contributed by atoms with Crippen LogP contribution in [0.1, 0.15) is 99.8 Å². The van der Waals surface area contributed by atoms with Crippen molar-refractivity contribution in [1.82, 2.24) is 15.1 Å². The number of hydrogen-bond donors (Lipinski definition) is 1. The minimum Gasteiger partial charge on any atom is -0.309 e. The zero-order chi connectivity index (χ0) is 21.0. The molecule has 168 valence electrons. The molecule has 3 nitrogen and oxygen atoms in total. The molecule has 0 saturated carbocycles. The van der Waals surface area contributed by atoms with Gasteiger partial charge in [-0.05, 0) is 44.1 Å². The second-order valence-corrected chi connectivity index (χ2v) is 10.3. The van der Waals surface area contributed by atoms with Gasteiger partial charge in [0.15, 0.2) is 0 Å². The largest absolute Gasteiger partial charge is 0.309 e. The number of nitrogens with zero attached hydrogens (tertiary/aromatic N) is 2. The van der Waals surface area contributed by atoms with Gasteiger partial charge in [0.2, 0.25) is 0 Å². The summed E-state index contributed by atoms with van der Waals surface area (Å²) in [7, 11) is 0. The van der Waals surface area contributed by atoms with Crippen molar-refractivity contribution in [1.29, 1.82) is 0 Å². The van der Waals surface area contributed by atoms with E-state index in [2.05, 4.69) is 63.6 Å². The summed E-state index contributed by atoms with van der Waals surface area (Å²) >= 11 is 0. The van der Waals surface area contributed by atoms with E-state index in [4.69, 9.17) is 0 Å². The zero-order valence-corrected chi connectivity index (χ0v) is 20.5. The third-order valence-electron chi connectivity index (χ3n) is 6.60. The summed E-state index contributed by atoms with van der Waals surface area (Å²) in [5.74, 6) is 2.43. The molecule has 0 aromatic carbocycles. The van der Waals surface area contributed by atoms with Gasteiger partial charge in [-0.1, -0.05) is 80.1 Å². The maximum Gasteiger partial charge on any atom is 0.0507 e. The Labute approximate surface area is 178 Å². The molecule has 1 heterocycles. The van der Waals surface area contributed by atoms with Gasteiger partial charge < -0.3 is 5.32 Å². The number of rotatable bonds is 15. The minimum absolute atomic E-state index is 0.217. The third-order valence-corrected chi connectivity index (χ3v) is 6.60. The van der Waals surface area contributed by atoms with E-state index in [0.29, 0.717) is 5.92 Å². The lowest BCUT2D eigenvalue weighted by molar-refractivity contribution is 0.00410. The molecule has 1 aliphatic rings. The second-order valence-electron chi connectivity index (χ2n) is 10.3. The van der Waals surface area contributed by atoms with Gasteiger partial charge in [-0.2, -0.15) is 0 Å². The maximum absolute atomic E-state index is 3.94. The molecular weight excluding hydrogens is 342 g/mol. The molecule has 0 radical (unpaired) electrons. The van der Waals surface area contributed by atoms with Crippen LogP contribution in [0.5, 0.6) is 0 Å². The predicted octanol–water partition coefficient (Wildman–Crippen LogP) is 6.00. The van der Waals surface area contributed by atoms with Gasteiger partial charge in [0.25, 0.3) is 0 Å². The lowest BCUT2D eigenvalue weighted by Crippen LogP contribution is -2.65. The van der Waals surface area contributed by atoms with Crippen LogP contribution in [0.4, 0.5) is 0 Å². The fourth-order valence-electron chi connectivity index (χ4n) is 4.79. The minimum atomic E-state index is 0.217. The monoisotopic (exact) mass is 395 g/mol. The molecule has 3 atom stereocenters. The Bertz CT molecular complexity index is 356. The SMILES string of the molecule is CCCC[C@@H](CC)CN1CN(C[C@@H](CC)CCCC)CC(C)(NCC(C)C)C1. The Morgan fingerprint density at radius 2 is 1.29 bits per heavy atom. The van der Waals surface area contributed by atoms with Crippen molar-refractivity contribution in [2.45, 2.75) is 105 Å². The second kappa shape index (κ2) is 14.0. The Morgan fingerprint density at radius 1 is 0.821 bits per heavy atom. The van der Waals surface area contributed by atoms with Crippen LogP contribution in [-0.4, -0.2) is 54.7 Å². The highest BCUT2D eigenvalue weighted by molar-refractivity contribution is 4.94. The first-order chi connectivity index (χ1) is 13.4. The Balaban J connectivity index is 2.78. The predicted molar refractivity (Wildman–Crippen MR) is 126 cm³/mol. The first-order valence-corrected chi connectivity index (χ1v) is 12.5. The molecule has 0 spiro atoms. The van der Waals surface area contributed by atoms with E-state index in [1.165, 1.54) is 84.2 Å². The van der Waals surface area contributed by atoms with Crippen LogP contribution in [0.2, 0.25) is 0 Å². The summed E-state index contributed by atoms with van der Waals surface area (Å²) < 4.78 is 0. The summed E-state index contributed by atoms with van der Waals surface area (Å²) in [6.07, 6.45) is 10.8. The van der Waals surface area contributed by atoms with Gasteiger partial charge in [-0.3, -0.25) is 9.80 Å². The maximum atomic E-state index is 3.94. The van der Waals surface area contributed by atoms with Crippen molar-refractivity contribution in [3.8, 4) is 0 Å². The Hall–Kier alpha value is -0.120. The van der Waals surface area contributed by atoms with Gasteiger partial charge in [0, 0.05) is 31.7 Å². The van der Waals surface area contributed by atoms with E-state index in [1.807, 2.05) is 0 Å². The topological polar surface area (TPSA) is 18.5 Å². The van der Waals surface area contributed by atoms with Crippen molar-refractivity contribution >= 4 is 0 Å². The van der Waals surface area contributed by atoms with Crippen LogP contribution in [0.3, 0.4) is 0 Å². The van der Waals surface area contributed by atoms with Crippen LogP contribution in [-0.2, 0) is 0 Å². The standard InChI is InChI=1S/C25H53N3/c1-8-12-14-23(10-3)17-27-19-25(7,26-16-22(5)6)20-28(21-27)18-24(11-4)15-13-9-2/h22-24,26H,8-21H2,1-7H3/t23-,24+,25?. The zero-order valence-electron chi connectivity index (χ0n) is 20.5. The van der Waals surface area contributed by atoms with Gasteiger partial charge in [-0.25, -0.2) is 0 Å². The van der Waals surface area contributed by atoms with Crippen molar-refractivity contribution in [3.63, 3.8) is 0 Å². The fourth-order valence-corrected chi connectivity index (χ4v) is 4.79. The van der Waals surface area contributed by atoms with Crippen molar-refractivity contribution in [2.24, 2.45) is 17.8 Å². The van der Waals surface area contributed by atoms with Crippen molar-refractivity contribution in [3.05, 3.63) is 0 Å². The number of nitrogens with one attached hydrogen (secondary N) is 1. The van der Waals surface area contributed by atoms with Gasteiger partial charge in [0.1, 0.15) is 0 Å². The highest BCUT2D eigenvalue weighted by atomic mass is 15.4. The third kappa shape index (κ3) is 10.1. The smallest absolute Gasteiger partial charge is 0.0507 e. The summed E-state index contributed by atoms with van der Waals surface area (Å²) in [5, 5.41) is 3.94. The number of unbranched alkanes of at least 4 members (excludes halogenated alkanes) is 2. The summed E-state index contributed by atoms with van der Waals surface area (Å²) in [4.78, 5) is 5.54. The summed E-state index contributed by atoms with van der Waals surface area (Å²) in [6.45, 7) is 23.8. The van der Waals surface area contributed by atoms with Crippen molar-refractivity contribution < 1.29 is 0 Å². The van der Waals surface area contributed by atoms with Crippen molar-refractivity contribution in [2.75, 3.05) is 39.4 Å². The summed E-state index contributed by atoms with van der Waals surface area (Å²) in [6, 6.07) is 0. The molecule has 3 heteroatoms. The van der Waals surface area contributed by atoms with Gasteiger partial charge in [-0.15, -0.1) is 0 Å². The molecule has 0 amide bonds. The molecule has 1 fully saturated rings. The van der Waals surface area contributed by atoms with Crippen LogP contribution in [0.15, 0.2) is 0 Å². The Kier molecular flexibility index (Phi) is 12.9. The summed E-state index contributed by atoms with van der Waals surface area (Å²) in [5.41, 5.74) is 0.217. The lowest BCUT2D eigenvalue weighted by Gasteiger charge is -2.48. The molecule has 1 unspecified atom stereocenters.